The van der Waals surface area contributed by atoms with Gasteiger partial charge in [-0.3, -0.25) is 4.90 Å². The molecule has 2 rings (SSSR count). The summed E-state index contributed by atoms with van der Waals surface area (Å²) in [6.45, 7) is 1.65. The summed E-state index contributed by atoms with van der Waals surface area (Å²) in [6, 6.07) is 2.35. The molecule has 1 aromatic carbocycles. The molecule has 0 spiro atoms. The van der Waals surface area contributed by atoms with Crippen LogP contribution in [0.2, 0.25) is 5.02 Å². The predicted octanol–water partition coefficient (Wildman–Crippen LogP) is 2.96. The number of amides is 1. The van der Waals surface area contributed by atoms with Crippen LogP contribution in [0.5, 0.6) is 5.75 Å². The van der Waals surface area contributed by atoms with E-state index in [1.807, 2.05) is 0 Å². The second-order valence-corrected chi connectivity index (χ2v) is 4.97. The molecule has 1 aliphatic heterocycles. The van der Waals surface area contributed by atoms with Crippen LogP contribution in [0, 0.1) is 0 Å². The summed E-state index contributed by atoms with van der Waals surface area (Å²) in [5.74, 6) is -6.04. The zero-order valence-corrected chi connectivity index (χ0v) is 13.2. The number of benzene rings is 1. The fourth-order valence-corrected chi connectivity index (χ4v) is 2.46. The molecule has 0 radical (unpaired) electrons. The Bertz CT molecular complexity index is 638. The van der Waals surface area contributed by atoms with Crippen LogP contribution in [0.3, 0.4) is 0 Å². The summed E-state index contributed by atoms with van der Waals surface area (Å²) < 4.78 is 42.7. The van der Waals surface area contributed by atoms with Crippen LogP contribution in [0.4, 0.5) is 19.3 Å². The van der Waals surface area contributed by atoms with Gasteiger partial charge in [0.05, 0.1) is 36.5 Å². The van der Waals surface area contributed by atoms with E-state index in [0.717, 1.165) is 13.2 Å². The van der Waals surface area contributed by atoms with Gasteiger partial charge in [0.15, 0.2) is 0 Å². The Morgan fingerprint density at radius 3 is 2.70 bits per heavy atom. The molecule has 6 nitrogen and oxygen atoms in total. The van der Waals surface area contributed by atoms with Crippen LogP contribution in [-0.4, -0.2) is 38.9 Å². The summed E-state index contributed by atoms with van der Waals surface area (Å²) in [5, 5.41) is -0.419. The van der Waals surface area contributed by atoms with Gasteiger partial charge in [-0.15, -0.1) is 0 Å². The standard InChI is InChI=1S/C14H14ClF2NO5/c1-3-22-12(19)14(16,17)11-9(15)6-8(7-10(11)21-2)18-4-5-23-13(18)20/h6-7H,3-5H2,1-2H3. The van der Waals surface area contributed by atoms with Gasteiger partial charge >= 0.3 is 18.0 Å². The molecule has 1 aromatic rings. The molecular formula is C14H14ClF2NO5. The highest BCUT2D eigenvalue weighted by atomic mass is 35.5. The van der Waals surface area contributed by atoms with E-state index in [2.05, 4.69) is 4.74 Å². The lowest BCUT2D eigenvalue weighted by molar-refractivity contribution is -0.173. The molecule has 0 saturated carbocycles. The van der Waals surface area contributed by atoms with Crippen molar-refractivity contribution in [3.8, 4) is 5.75 Å². The second kappa shape index (κ2) is 6.57. The third-order valence-corrected chi connectivity index (χ3v) is 3.48. The van der Waals surface area contributed by atoms with E-state index in [4.69, 9.17) is 21.1 Å². The summed E-state index contributed by atoms with van der Waals surface area (Å²) in [6.07, 6.45) is -0.618. The van der Waals surface area contributed by atoms with E-state index in [-0.39, 0.29) is 31.2 Å². The van der Waals surface area contributed by atoms with Crippen molar-refractivity contribution in [3.05, 3.63) is 22.7 Å². The average molecular weight is 350 g/mol. The molecule has 1 amide bonds. The summed E-state index contributed by atoms with van der Waals surface area (Å²) in [5.41, 5.74) is -0.575. The first kappa shape index (κ1) is 17.3. The third kappa shape index (κ3) is 3.17. The molecular weight excluding hydrogens is 336 g/mol. The van der Waals surface area contributed by atoms with Crippen LogP contribution >= 0.6 is 11.6 Å². The first-order valence-electron chi connectivity index (χ1n) is 6.70. The maximum absolute atomic E-state index is 14.3. The van der Waals surface area contributed by atoms with Crippen LogP contribution in [0.1, 0.15) is 12.5 Å². The Kier molecular flexibility index (Phi) is 4.93. The number of carbonyl (C=O) groups is 2. The molecule has 126 valence electrons. The fraction of sp³-hybridized carbons (Fsp3) is 0.429. The molecule has 0 aromatic heterocycles. The predicted molar refractivity (Wildman–Crippen MR) is 77.2 cm³/mol. The van der Waals surface area contributed by atoms with Crippen molar-refractivity contribution in [1.29, 1.82) is 0 Å². The highest BCUT2D eigenvalue weighted by Gasteiger charge is 2.47. The second-order valence-electron chi connectivity index (χ2n) is 4.57. The normalized spacial score (nSPS) is 14.7. The molecule has 0 unspecified atom stereocenters. The molecule has 1 heterocycles. The van der Waals surface area contributed by atoms with Gasteiger partial charge in [-0.05, 0) is 13.0 Å². The van der Waals surface area contributed by atoms with E-state index in [1.54, 1.807) is 0 Å². The van der Waals surface area contributed by atoms with Crippen LogP contribution in [0.15, 0.2) is 12.1 Å². The lowest BCUT2D eigenvalue weighted by atomic mass is 10.1. The van der Waals surface area contributed by atoms with Gasteiger partial charge in [0.1, 0.15) is 12.4 Å². The number of nitrogens with zero attached hydrogens (tertiary/aromatic N) is 1. The number of ether oxygens (including phenoxy) is 3. The molecule has 0 aliphatic carbocycles. The Morgan fingerprint density at radius 2 is 2.17 bits per heavy atom. The van der Waals surface area contributed by atoms with Crippen molar-refractivity contribution in [2.75, 3.05) is 31.8 Å². The molecule has 9 heteroatoms. The Morgan fingerprint density at radius 1 is 1.48 bits per heavy atom. The number of carbonyl (C=O) groups excluding carboxylic acids is 2. The number of methoxy groups -OCH3 is 1. The topological polar surface area (TPSA) is 65.1 Å². The van der Waals surface area contributed by atoms with Crippen molar-refractivity contribution >= 4 is 29.4 Å². The number of esters is 1. The van der Waals surface area contributed by atoms with Gasteiger partial charge < -0.3 is 14.2 Å². The van der Waals surface area contributed by atoms with E-state index in [1.165, 1.54) is 17.9 Å². The number of anilines is 1. The van der Waals surface area contributed by atoms with E-state index < -0.39 is 28.6 Å². The SMILES string of the molecule is CCOC(=O)C(F)(F)c1c(Cl)cc(N2CCOC2=O)cc1OC. The van der Waals surface area contributed by atoms with Crippen molar-refractivity contribution in [2.45, 2.75) is 12.8 Å². The zero-order chi connectivity index (χ0) is 17.2. The van der Waals surface area contributed by atoms with Crippen molar-refractivity contribution in [2.24, 2.45) is 0 Å². The minimum Gasteiger partial charge on any atom is -0.496 e. The van der Waals surface area contributed by atoms with E-state index in [0.29, 0.717) is 0 Å². The maximum atomic E-state index is 14.3. The van der Waals surface area contributed by atoms with Crippen molar-refractivity contribution in [3.63, 3.8) is 0 Å². The number of hydrogen-bond acceptors (Lipinski definition) is 5. The number of alkyl halides is 2. The summed E-state index contributed by atoms with van der Waals surface area (Å²) in [7, 11) is 1.16. The molecule has 23 heavy (non-hydrogen) atoms. The smallest absolute Gasteiger partial charge is 0.414 e. The van der Waals surface area contributed by atoms with Gasteiger partial charge in [0, 0.05) is 6.07 Å². The van der Waals surface area contributed by atoms with Crippen LogP contribution < -0.4 is 9.64 Å². The number of rotatable bonds is 5. The molecule has 1 fully saturated rings. The molecule has 0 N–H and O–H groups in total. The van der Waals surface area contributed by atoms with Crippen LogP contribution in [-0.2, 0) is 20.2 Å². The van der Waals surface area contributed by atoms with E-state index >= 15 is 0 Å². The lowest BCUT2D eigenvalue weighted by Gasteiger charge is -2.21. The van der Waals surface area contributed by atoms with Gasteiger partial charge in [0.2, 0.25) is 0 Å². The largest absolute Gasteiger partial charge is 0.496 e. The van der Waals surface area contributed by atoms with Gasteiger partial charge in [-0.1, -0.05) is 11.6 Å². The Balaban J connectivity index is 2.49. The van der Waals surface area contributed by atoms with Crippen molar-refractivity contribution < 1.29 is 32.6 Å². The fourth-order valence-electron chi connectivity index (χ4n) is 2.14. The highest BCUT2D eigenvalue weighted by Crippen LogP contribution is 2.43. The minimum absolute atomic E-state index is 0.180. The Labute approximate surface area is 135 Å². The molecule has 0 atom stereocenters. The van der Waals surface area contributed by atoms with Crippen LogP contribution in [0.25, 0.3) is 0 Å². The Hall–Kier alpha value is -2.09. The third-order valence-electron chi connectivity index (χ3n) is 3.18. The van der Waals surface area contributed by atoms with Crippen molar-refractivity contribution in [1.82, 2.24) is 0 Å². The average Bonchev–Trinajstić information content (AvgIpc) is 2.92. The minimum atomic E-state index is -3.98. The molecule has 0 bridgehead atoms. The van der Waals surface area contributed by atoms with Gasteiger partial charge in [0.25, 0.3) is 0 Å². The zero-order valence-electron chi connectivity index (χ0n) is 12.4. The maximum Gasteiger partial charge on any atom is 0.414 e. The summed E-state index contributed by atoms with van der Waals surface area (Å²) >= 11 is 5.92. The monoisotopic (exact) mass is 349 g/mol. The molecule has 1 aliphatic rings. The highest BCUT2D eigenvalue weighted by molar-refractivity contribution is 6.32. The molecule has 1 saturated heterocycles. The first-order chi connectivity index (χ1) is 10.8. The summed E-state index contributed by atoms with van der Waals surface area (Å²) in [4.78, 5) is 24.3. The number of halogens is 3. The quantitative estimate of drug-likeness (QED) is 0.765. The van der Waals surface area contributed by atoms with Gasteiger partial charge in [-0.25, -0.2) is 9.59 Å². The van der Waals surface area contributed by atoms with E-state index in [9.17, 15) is 18.4 Å². The van der Waals surface area contributed by atoms with Gasteiger partial charge in [-0.2, -0.15) is 8.78 Å². The first-order valence-corrected chi connectivity index (χ1v) is 7.08. The lowest BCUT2D eigenvalue weighted by Crippen LogP contribution is -2.30. The number of cyclic esters (lactones) is 1. The number of hydrogen-bond donors (Lipinski definition) is 0.